The highest BCUT2D eigenvalue weighted by Gasteiger charge is 2.36. The Kier molecular flexibility index (Phi) is 7.43. The van der Waals surface area contributed by atoms with Crippen LogP contribution in [-0.2, 0) is 19.1 Å². The summed E-state index contributed by atoms with van der Waals surface area (Å²) in [5, 5.41) is 3.74. The van der Waals surface area contributed by atoms with Crippen molar-refractivity contribution in [3.63, 3.8) is 0 Å². The van der Waals surface area contributed by atoms with Crippen molar-refractivity contribution in [2.75, 3.05) is 25.1 Å². The Hall–Kier alpha value is -3.88. The highest BCUT2D eigenvalue weighted by molar-refractivity contribution is 5.98. The van der Waals surface area contributed by atoms with Crippen molar-refractivity contribution in [1.82, 2.24) is 10.4 Å². The number of nitrogens with zero attached hydrogens (tertiary/aromatic N) is 1. The van der Waals surface area contributed by atoms with Gasteiger partial charge in [-0.2, -0.15) is 0 Å². The predicted octanol–water partition coefficient (Wildman–Crippen LogP) is 2.07. The number of esters is 1. The van der Waals surface area contributed by atoms with Crippen molar-refractivity contribution in [1.29, 1.82) is 0 Å². The molecule has 0 aliphatic carbocycles. The molecule has 0 bridgehead atoms. The van der Waals surface area contributed by atoms with E-state index in [1.165, 1.54) is 0 Å². The monoisotopic (exact) mass is 439 g/mol. The topological polar surface area (TPSA) is 114 Å². The second-order valence-electron chi connectivity index (χ2n) is 7.25. The number of hydrazine groups is 1. The summed E-state index contributed by atoms with van der Waals surface area (Å²) in [6.45, 7) is 3.53. The van der Waals surface area contributed by atoms with E-state index in [1.54, 1.807) is 49.4 Å². The van der Waals surface area contributed by atoms with Crippen LogP contribution in [-0.4, -0.2) is 48.5 Å². The second-order valence-corrected chi connectivity index (χ2v) is 7.25. The molecule has 9 heteroatoms. The molecule has 0 unspecified atom stereocenters. The van der Waals surface area contributed by atoms with Crippen LogP contribution in [0.25, 0.3) is 0 Å². The summed E-state index contributed by atoms with van der Waals surface area (Å²) in [4.78, 5) is 49.2. The molecule has 0 aromatic heterocycles. The van der Waals surface area contributed by atoms with Crippen molar-refractivity contribution >= 4 is 29.4 Å². The lowest BCUT2D eigenvalue weighted by Crippen LogP contribution is -2.43. The van der Waals surface area contributed by atoms with E-state index >= 15 is 0 Å². The van der Waals surface area contributed by atoms with E-state index in [9.17, 15) is 19.2 Å². The minimum Gasteiger partial charge on any atom is -0.492 e. The third-order valence-corrected chi connectivity index (χ3v) is 4.89. The minimum atomic E-state index is -0.775. The number of nitrogens with one attached hydrogen (secondary N) is 2. The Morgan fingerprint density at radius 1 is 1.09 bits per heavy atom. The number of amides is 3. The molecule has 2 N–H and O–H groups in total. The first-order valence-corrected chi connectivity index (χ1v) is 10.2. The molecule has 9 nitrogen and oxygen atoms in total. The summed E-state index contributed by atoms with van der Waals surface area (Å²) in [5.41, 5.74) is 4.21. The zero-order valence-electron chi connectivity index (χ0n) is 17.9. The molecular formula is C23H25N3O6. The summed E-state index contributed by atoms with van der Waals surface area (Å²) in [5.74, 6) is -2.31. The second kappa shape index (κ2) is 10.4. The highest BCUT2D eigenvalue weighted by Crippen LogP contribution is 2.23. The minimum absolute atomic E-state index is 0.0237. The van der Waals surface area contributed by atoms with Crippen LogP contribution in [0.3, 0.4) is 0 Å². The lowest BCUT2D eigenvalue weighted by atomic mass is 10.1. The Morgan fingerprint density at radius 2 is 1.81 bits per heavy atom. The van der Waals surface area contributed by atoms with Gasteiger partial charge < -0.3 is 14.8 Å². The molecule has 1 aliphatic heterocycles. The summed E-state index contributed by atoms with van der Waals surface area (Å²) in [7, 11) is 0. The Morgan fingerprint density at radius 3 is 2.56 bits per heavy atom. The van der Waals surface area contributed by atoms with Gasteiger partial charge in [0.25, 0.3) is 11.8 Å². The molecule has 0 radical (unpaired) electrons. The maximum absolute atomic E-state index is 12.4. The maximum atomic E-state index is 12.4. The average molecular weight is 439 g/mol. The molecule has 1 fully saturated rings. The number of rotatable bonds is 8. The van der Waals surface area contributed by atoms with E-state index in [2.05, 4.69) is 10.7 Å². The van der Waals surface area contributed by atoms with Gasteiger partial charge in [0.05, 0.1) is 24.8 Å². The van der Waals surface area contributed by atoms with Crippen LogP contribution in [0.1, 0.15) is 29.3 Å². The fraction of sp³-hybridized carbons (Fsp3) is 0.304. The van der Waals surface area contributed by atoms with Crippen molar-refractivity contribution < 1.29 is 28.7 Å². The van der Waals surface area contributed by atoms with Crippen molar-refractivity contribution in [2.45, 2.75) is 20.3 Å². The van der Waals surface area contributed by atoms with Crippen molar-refractivity contribution in [2.24, 2.45) is 5.92 Å². The largest absolute Gasteiger partial charge is 0.492 e. The molecule has 0 saturated carbocycles. The normalized spacial score (nSPS) is 15.2. The van der Waals surface area contributed by atoms with Gasteiger partial charge in [0.1, 0.15) is 5.75 Å². The molecule has 168 valence electrons. The fourth-order valence-corrected chi connectivity index (χ4v) is 3.28. The lowest BCUT2D eigenvalue weighted by molar-refractivity contribution is -0.151. The van der Waals surface area contributed by atoms with Gasteiger partial charge >= 0.3 is 5.97 Å². The van der Waals surface area contributed by atoms with Gasteiger partial charge in [0, 0.05) is 12.0 Å². The quantitative estimate of drug-likeness (QED) is 0.609. The number of benzene rings is 2. The molecule has 0 spiro atoms. The first-order chi connectivity index (χ1) is 15.4. The number of anilines is 1. The number of para-hydroxylation sites is 2. The van der Waals surface area contributed by atoms with Crippen LogP contribution in [0.15, 0.2) is 48.5 Å². The SMILES string of the molecule is CCOc1ccccc1NC(=O)COC(=O)[C@@H]1CC(=O)N(NC(=O)c2ccccc2C)C1. The first-order valence-electron chi connectivity index (χ1n) is 10.2. The van der Waals surface area contributed by atoms with E-state index in [4.69, 9.17) is 9.47 Å². The summed E-state index contributed by atoms with van der Waals surface area (Å²) >= 11 is 0. The lowest BCUT2D eigenvalue weighted by Gasteiger charge is -2.18. The van der Waals surface area contributed by atoms with E-state index in [1.807, 2.05) is 13.0 Å². The number of carbonyl (C=O) groups excluding carboxylic acids is 4. The molecule has 1 atom stereocenters. The number of ether oxygens (including phenoxy) is 2. The molecule has 2 aromatic rings. The van der Waals surface area contributed by atoms with Crippen molar-refractivity contribution in [3.05, 3.63) is 59.7 Å². The maximum Gasteiger partial charge on any atom is 0.311 e. The Bertz CT molecular complexity index is 1020. The van der Waals surface area contributed by atoms with Crippen LogP contribution in [0.2, 0.25) is 0 Å². The third-order valence-electron chi connectivity index (χ3n) is 4.89. The van der Waals surface area contributed by atoms with Crippen LogP contribution in [0.4, 0.5) is 5.69 Å². The van der Waals surface area contributed by atoms with Gasteiger partial charge in [-0.3, -0.25) is 29.6 Å². The average Bonchev–Trinajstić information content (AvgIpc) is 3.14. The molecule has 3 amide bonds. The van der Waals surface area contributed by atoms with Gasteiger partial charge in [-0.05, 0) is 37.6 Å². The number of carbonyl (C=O) groups is 4. The zero-order valence-corrected chi connectivity index (χ0v) is 17.9. The van der Waals surface area contributed by atoms with Gasteiger partial charge in [0.2, 0.25) is 5.91 Å². The van der Waals surface area contributed by atoms with Crippen LogP contribution < -0.4 is 15.5 Å². The third kappa shape index (κ3) is 5.63. The first kappa shape index (κ1) is 22.8. The van der Waals surface area contributed by atoms with Gasteiger partial charge in [-0.15, -0.1) is 0 Å². The van der Waals surface area contributed by atoms with Gasteiger partial charge in [0.15, 0.2) is 6.61 Å². The molecule has 1 saturated heterocycles. The van der Waals surface area contributed by atoms with Gasteiger partial charge in [-0.1, -0.05) is 30.3 Å². The van der Waals surface area contributed by atoms with E-state index < -0.39 is 36.2 Å². The zero-order chi connectivity index (χ0) is 23.1. The van der Waals surface area contributed by atoms with Gasteiger partial charge in [-0.25, -0.2) is 0 Å². The summed E-state index contributed by atoms with van der Waals surface area (Å²) < 4.78 is 10.5. The molecule has 32 heavy (non-hydrogen) atoms. The highest BCUT2D eigenvalue weighted by atomic mass is 16.5. The Balaban J connectivity index is 1.50. The molecule has 2 aromatic carbocycles. The van der Waals surface area contributed by atoms with Crippen LogP contribution in [0.5, 0.6) is 5.75 Å². The van der Waals surface area contributed by atoms with E-state index in [0.717, 1.165) is 10.6 Å². The van der Waals surface area contributed by atoms with Crippen LogP contribution in [0, 0.1) is 12.8 Å². The van der Waals surface area contributed by atoms with E-state index in [0.29, 0.717) is 23.6 Å². The van der Waals surface area contributed by atoms with E-state index in [-0.39, 0.29) is 13.0 Å². The van der Waals surface area contributed by atoms with Crippen LogP contribution >= 0.6 is 0 Å². The summed E-state index contributed by atoms with van der Waals surface area (Å²) in [6.07, 6.45) is -0.109. The number of hydrogen-bond donors (Lipinski definition) is 2. The fourth-order valence-electron chi connectivity index (χ4n) is 3.28. The predicted molar refractivity (Wildman–Crippen MR) is 116 cm³/mol. The number of aryl methyl sites for hydroxylation is 1. The molecule has 3 rings (SSSR count). The summed E-state index contributed by atoms with van der Waals surface area (Å²) in [6, 6.07) is 13.9. The molecule has 1 heterocycles. The smallest absolute Gasteiger partial charge is 0.311 e. The standard InChI is InChI=1S/C23H25N3O6/c1-3-31-19-11-7-6-10-18(19)24-20(27)14-32-23(30)16-12-21(28)26(13-16)25-22(29)17-9-5-4-8-15(17)2/h4-11,16H,3,12-14H2,1-2H3,(H,24,27)(H,25,29)/t16-/m1/s1. The Labute approximate surface area is 185 Å². The molecular weight excluding hydrogens is 414 g/mol. The molecule has 1 aliphatic rings. The van der Waals surface area contributed by atoms with Crippen molar-refractivity contribution in [3.8, 4) is 5.75 Å². The number of hydrogen-bond acceptors (Lipinski definition) is 6.